The van der Waals surface area contributed by atoms with Gasteiger partial charge in [0.25, 0.3) is 0 Å². The zero-order chi connectivity index (χ0) is 13.4. The minimum absolute atomic E-state index is 0.856. The Balaban J connectivity index is 2.08. The van der Waals surface area contributed by atoms with Crippen molar-refractivity contribution in [2.24, 2.45) is 0 Å². The number of fused-ring (bicyclic) bond motifs is 1. The topological polar surface area (TPSA) is 54.5 Å². The summed E-state index contributed by atoms with van der Waals surface area (Å²) in [6.07, 6.45) is 1.81. The zero-order valence-corrected chi connectivity index (χ0v) is 11.3. The maximum Gasteiger partial charge on any atom is 0.126 e. The Labute approximate surface area is 119 Å². The van der Waals surface area contributed by atoms with Crippen molar-refractivity contribution in [3.05, 3.63) is 54.0 Å². The molecule has 96 valence electrons. The van der Waals surface area contributed by atoms with Crippen LogP contribution in [0.15, 0.2) is 54.0 Å². The van der Waals surface area contributed by atoms with E-state index < -0.39 is 0 Å². The smallest absolute Gasteiger partial charge is 0.126 e. The fourth-order valence-corrected chi connectivity index (χ4v) is 3.03. The van der Waals surface area contributed by atoms with E-state index in [0.717, 1.165) is 32.7 Å². The van der Waals surface area contributed by atoms with Gasteiger partial charge in [-0.2, -0.15) is 15.4 Å². The molecule has 0 atom stereocenters. The Kier molecular flexibility index (Phi) is 2.57. The third kappa shape index (κ3) is 1.71. The van der Waals surface area contributed by atoms with Crippen LogP contribution >= 0.6 is 11.3 Å². The van der Waals surface area contributed by atoms with E-state index in [1.807, 2.05) is 35.8 Å². The molecule has 0 aliphatic rings. The number of hydrogen-bond acceptors (Lipinski definition) is 4. The Morgan fingerprint density at radius 2 is 1.85 bits per heavy atom. The highest BCUT2D eigenvalue weighted by molar-refractivity contribution is 7.13. The lowest BCUT2D eigenvalue weighted by Gasteiger charge is -2.07. The predicted molar refractivity (Wildman–Crippen MR) is 80.4 cm³/mol. The van der Waals surface area contributed by atoms with Crippen LogP contribution in [0.3, 0.4) is 0 Å². The first-order valence-electron chi connectivity index (χ1n) is 6.22. The first-order chi connectivity index (χ1) is 9.93. The molecule has 0 radical (unpaired) electrons. The number of thiazole rings is 1. The van der Waals surface area contributed by atoms with Crippen LogP contribution in [0.25, 0.3) is 32.7 Å². The lowest BCUT2D eigenvalue weighted by molar-refractivity contribution is 0.959. The molecule has 2 aromatic heterocycles. The molecule has 1 N–H and O–H groups in total. The fourth-order valence-electron chi connectivity index (χ4n) is 2.33. The van der Waals surface area contributed by atoms with Crippen molar-refractivity contribution in [3.63, 3.8) is 0 Å². The van der Waals surface area contributed by atoms with E-state index in [1.54, 1.807) is 11.3 Å². The Hall–Kier alpha value is -2.53. The van der Waals surface area contributed by atoms with Crippen molar-refractivity contribution in [3.8, 4) is 21.7 Å². The summed E-state index contributed by atoms with van der Waals surface area (Å²) in [7, 11) is 0. The van der Waals surface area contributed by atoms with E-state index in [9.17, 15) is 0 Å². The summed E-state index contributed by atoms with van der Waals surface area (Å²) < 4.78 is 0. The fraction of sp³-hybridized carbons (Fsp3) is 0. The molecule has 20 heavy (non-hydrogen) atoms. The van der Waals surface area contributed by atoms with Crippen LogP contribution in [-0.2, 0) is 0 Å². The van der Waals surface area contributed by atoms with Gasteiger partial charge in [0.2, 0.25) is 0 Å². The first-order valence-corrected chi connectivity index (χ1v) is 7.10. The summed E-state index contributed by atoms with van der Waals surface area (Å²) in [5, 5.41) is 14.1. The summed E-state index contributed by atoms with van der Waals surface area (Å²) in [6, 6.07) is 14.3. The molecule has 2 heterocycles. The molecular formula is C15H10N4S. The molecule has 4 nitrogen and oxygen atoms in total. The van der Waals surface area contributed by atoms with Crippen LogP contribution in [0, 0.1) is 0 Å². The largest absolute Gasteiger partial charge is 0.244 e. The van der Waals surface area contributed by atoms with E-state index in [-0.39, 0.29) is 0 Å². The van der Waals surface area contributed by atoms with Crippen LogP contribution in [0.4, 0.5) is 0 Å². The van der Waals surface area contributed by atoms with Crippen molar-refractivity contribution < 1.29 is 0 Å². The number of benzene rings is 2. The van der Waals surface area contributed by atoms with Gasteiger partial charge < -0.3 is 0 Å². The molecule has 0 spiro atoms. The molecule has 0 bridgehead atoms. The summed E-state index contributed by atoms with van der Waals surface area (Å²) in [5.41, 5.74) is 5.04. The summed E-state index contributed by atoms with van der Waals surface area (Å²) in [5.74, 6) is 0. The number of hydrogen-bond donors (Lipinski definition) is 1. The molecule has 0 aliphatic carbocycles. The van der Waals surface area contributed by atoms with E-state index in [4.69, 9.17) is 0 Å². The average molecular weight is 278 g/mol. The maximum atomic E-state index is 4.44. The van der Waals surface area contributed by atoms with E-state index in [2.05, 4.69) is 38.6 Å². The van der Waals surface area contributed by atoms with Gasteiger partial charge in [-0.25, -0.2) is 4.98 Å². The quantitative estimate of drug-likeness (QED) is 0.607. The van der Waals surface area contributed by atoms with Crippen LogP contribution in [-0.4, -0.2) is 20.4 Å². The second kappa shape index (κ2) is 4.54. The van der Waals surface area contributed by atoms with Crippen molar-refractivity contribution in [1.29, 1.82) is 0 Å². The maximum absolute atomic E-state index is 4.44. The van der Waals surface area contributed by atoms with Gasteiger partial charge >= 0.3 is 0 Å². The monoisotopic (exact) mass is 278 g/mol. The van der Waals surface area contributed by atoms with Crippen LogP contribution in [0.5, 0.6) is 0 Å². The summed E-state index contributed by atoms with van der Waals surface area (Å²) >= 11 is 1.61. The van der Waals surface area contributed by atoms with Gasteiger partial charge in [-0.15, -0.1) is 11.3 Å². The van der Waals surface area contributed by atoms with Gasteiger partial charge in [0.05, 0.1) is 0 Å². The molecule has 0 aliphatic heterocycles. The van der Waals surface area contributed by atoms with E-state index in [0.29, 0.717) is 0 Å². The standard InChI is InChI=1S/C15H10N4S/c1-2-4-10(5-3-1)11-6-7-12-14(18-19-17-12)13(11)15-16-8-9-20-15/h1-9H,(H,17,18,19). The molecule has 0 fully saturated rings. The van der Waals surface area contributed by atoms with Crippen molar-refractivity contribution in [2.75, 3.05) is 0 Å². The first kappa shape index (κ1) is 11.3. The molecule has 2 aromatic carbocycles. The van der Waals surface area contributed by atoms with Crippen molar-refractivity contribution in [2.45, 2.75) is 0 Å². The number of nitrogens with one attached hydrogen (secondary N) is 1. The molecule has 0 saturated heterocycles. The zero-order valence-electron chi connectivity index (χ0n) is 10.4. The molecule has 4 rings (SSSR count). The molecule has 5 heteroatoms. The number of nitrogens with zero attached hydrogens (tertiary/aromatic N) is 3. The summed E-state index contributed by atoms with van der Waals surface area (Å²) in [4.78, 5) is 4.44. The predicted octanol–water partition coefficient (Wildman–Crippen LogP) is 3.75. The highest BCUT2D eigenvalue weighted by Crippen LogP contribution is 2.37. The highest BCUT2D eigenvalue weighted by Gasteiger charge is 2.15. The number of rotatable bonds is 2. The normalized spacial score (nSPS) is 11.0. The van der Waals surface area contributed by atoms with Gasteiger partial charge in [0.15, 0.2) is 0 Å². The lowest BCUT2D eigenvalue weighted by Crippen LogP contribution is -1.87. The minimum Gasteiger partial charge on any atom is -0.244 e. The van der Waals surface area contributed by atoms with Crippen LogP contribution < -0.4 is 0 Å². The second-order valence-electron chi connectivity index (χ2n) is 4.38. The van der Waals surface area contributed by atoms with Crippen LogP contribution in [0.1, 0.15) is 0 Å². The molecule has 4 aromatic rings. The third-order valence-corrected chi connectivity index (χ3v) is 4.01. The van der Waals surface area contributed by atoms with E-state index >= 15 is 0 Å². The van der Waals surface area contributed by atoms with Crippen molar-refractivity contribution >= 4 is 22.4 Å². The van der Waals surface area contributed by atoms with Crippen molar-refractivity contribution in [1.82, 2.24) is 20.4 Å². The Bertz CT molecular complexity index is 850. The Morgan fingerprint density at radius 1 is 0.950 bits per heavy atom. The molecular weight excluding hydrogens is 268 g/mol. The SMILES string of the molecule is c1ccc(-c2ccc3n[nH]nc3c2-c2nccs2)cc1. The van der Waals surface area contributed by atoms with Crippen LogP contribution in [0.2, 0.25) is 0 Å². The molecule has 0 saturated carbocycles. The Morgan fingerprint density at radius 3 is 2.65 bits per heavy atom. The molecule has 0 amide bonds. The number of aromatic nitrogens is 4. The number of aromatic amines is 1. The number of H-pyrrole nitrogens is 1. The molecule has 0 unspecified atom stereocenters. The third-order valence-electron chi connectivity index (χ3n) is 3.22. The average Bonchev–Trinajstić information content (AvgIpc) is 3.18. The second-order valence-corrected chi connectivity index (χ2v) is 5.28. The van der Waals surface area contributed by atoms with E-state index in [1.165, 1.54) is 0 Å². The van der Waals surface area contributed by atoms with Gasteiger partial charge in [-0.3, -0.25) is 0 Å². The summed E-state index contributed by atoms with van der Waals surface area (Å²) in [6.45, 7) is 0. The minimum atomic E-state index is 0.856. The van der Waals surface area contributed by atoms with Gasteiger partial charge in [-0.05, 0) is 17.2 Å². The van der Waals surface area contributed by atoms with Gasteiger partial charge in [-0.1, -0.05) is 36.4 Å². The highest BCUT2D eigenvalue weighted by atomic mass is 32.1. The lowest BCUT2D eigenvalue weighted by atomic mass is 9.99. The van der Waals surface area contributed by atoms with Gasteiger partial charge in [0, 0.05) is 17.1 Å². The van der Waals surface area contributed by atoms with Gasteiger partial charge in [0.1, 0.15) is 16.0 Å².